The number of benzene rings is 1. The molecular formula is C13H19BrClNO2S. The normalized spacial score (nSPS) is 14.1. The molecule has 0 saturated carbocycles. The van der Waals surface area contributed by atoms with E-state index in [0.29, 0.717) is 15.4 Å². The van der Waals surface area contributed by atoms with Gasteiger partial charge in [0.2, 0.25) is 10.0 Å². The molecule has 0 amide bonds. The zero-order valence-corrected chi connectivity index (χ0v) is 14.7. The van der Waals surface area contributed by atoms with Crippen LogP contribution in [0, 0.1) is 5.92 Å². The van der Waals surface area contributed by atoms with E-state index in [2.05, 4.69) is 29.8 Å². The smallest absolute Gasteiger partial charge is 0.207 e. The predicted molar refractivity (Wildman–Crippen MR) is 83.0 cm³/mol. The molecule has 0 aliphatic carbocycles. The van der Waals surface area contributed by atoms with Crippen LogP contribution in [0.25, 0.3) is 0 Å². The van der Waals surface area contributed by atoms with Crippen LogP contribution in [0.4, 0.5) is 0 Å². The second kappa shape index (κ2) is 6.57. The van der Waals surface area contributed by atoms with Gasteiger partial charge in [0.1, 0.15) is 0 Å². The number of halogens is 2. The molecule has 1 aromatic rings. The molecule has 6 heteroatoms. The first-order valence-electron chi connectivity index (χ1n) is 6.09. The molecule has 0 aliphatic rings. The summed E-state index contributed by atoms with van der Waals surface area (Å²) >= 11 is 9.14. The van der Waals surface area contributed by atoms with E-state index in [1.54, 1.807) is 13.1 Å². The minimum Gasteiger partial charge on any atom is -0.207 e. The summed E-state index contributed by atoms with van der Waals surface area (Å²) < 4.78 is 27.0. The maximum atomic E-state index is 12.5. The van der Waals surface area contributed by atoms with Gasteiger partial charge in [-0.25, -0.2) is 8.42 Å². The summed E-state index contributed by atoms with van der Waals surface area (Å²) in [5, 5.41) is 0.497. The summed E-state index contributed by atoms with van der Waals surface area (Å²) in [5.41, 5.74) is 0. The van der Waals surface area contributed by atoms with E-state index in [1.165, 1.54) is 16.4 Å². The maximum absolute atomic E-state index is 12.5. The lowest BCUT2D eigenvalue weighted by Crippen LogP contribution is -2.35. The molecule has 0 bridgehead atoms. The molecule has 1 unspecified atom stereocenters. The zero-order valence-electron chi connectivity index (χ0n) is 11.5. The lowest BCUT2D eigenvalue weighted by atomic mass is 10.1. The van der Waals surface area contributed by atoms with Crippen molar-refractivity contribution < 1.29 is 8.42 Å². The van der Waals surface area contributed by atoms with E-state index in [0.717, 1.165) is 6.42 Å². The highest BCUT2D eigenvalue weighted by atomic mass is 79.9. The molecule has 0 radical (unpaired) electrons. The fourth-order valence-corrected chi connectivity index (χ4v) is 3.92. The van der Waals surface area contributed by atoms with E-state index in [-0.39, 0.29) is 10.9 Å². The van der Waals surface area contributed by atoms with Crippen LogP contribution in [0.1, 0.15) is 27.2 Å². The highest BCUT2D eigenvalue weighted by Crippen LogP contribution is 2.27. The van der Waals surface area contributed by atoms with E-state index in [9.17, 15) is 8.42 Å². The van der Waals surface area contributed by atoms with Crippen molar-refractivity contribution in [3.8, 4) is 0 Å². The van der Waals surface area contributed by atoms with Gasteiger partial charge < -0.3 is 0 Å². The second-order valence-electron chi connectivity index (χ2n) is 5.08. The molecule has 19 heavy (non-hydrogen) atoms. The van der Waals surface area contributed by atoms with Crippen LogP contribution >= 0.6 is 27.5 Å². The van der Waals surface area contributed by atoms with Crippen molar-refractivity contribution >= 4 is 37.6 Å². The Labute approximate surface area is 129 Å². The van der Waals surface area contributed by atoms with Gasteiger partial charge in [0.15, 0.2) is 0 Å². The lowest BCUT2D eigenvalue weighted by molar-refractivity contribution is 0.338. The van der Waals surface area contributed by atoms with Crippen molar-refractivity contribution in [1.82, 2.24) is 4.31 Å². The second-order valence-corrected chi connectivity index (χ2v) is 8.33. The molecule has 3 nitrogen and oxygen atoms in total. The van der Waals surface area contributed by atoms with Crippen molar-refractivity contribution in [2.75, 3.05) is 7.05 Å². The first kappa shape index (κ1) is 17.0. The Kier molecular flexibility index (Phi) is 5.86. The standard InChI is InChI=1S/C13H19BrClNO2S/c1-9(2)7-10(3)16(4)19(17,18)11-5-6-13(15)12(14)8-11/h5-6,8-10H,7H2,1-4H3. The van der Waals surface area contributed by atoms with Crippen molar-refractivity contribution in [3.05, 3.63) is 27.7 Å². The largest absolute Gasteiger partial charge is 0.243 e. The Morgan fingerprint density at radius 1 is 1.32 bits per heavy atom. The highest BCUT2D eigenvalue weighted by Gasteiger charge is 2.26. The van der Waals surface area contributed by atoms with Gasteiger partial charge in [-0.05, 0) is 53.4 Å². The van der Waals surface area contributed by atoms with Crippen LogP contribution in [-0.4, -0.2) is 25.8 Å². The summed E-state index contributed by atoms with van der Waals surface area (Å²) in [4.78, 5) is 0.252. The minimum absolute atomic E-state index is 0.0422. The average molecular weight is 369 g/mol. The summed E-state index contributed by atoms with van der Waals surface area (Å²) in [6.07, 6.45) is 0.824. The molecule has 108 valence electrons. The SMILES string of the molecule is CC(C)CC(C)N(C)S(=O)(=O)c1ccc(Cl)c(Br)c1. The van der Waals surface area contributed by atoms with Crippen molar-refractivity contribution in [1.29, 1.82) is 0 Å². The van der Waals surface area contributed by atoms with E-state index >= 15 is 0 Å². The third-order valence-electron chi connectivity index (χ3n) is 3.00. The molecule has 0 heterocycles. The van der Waals surface area contributed by atoms with Gasteiger partial charge in [-0.3, -0.25) is 0 Å². The Balaban J connectivity index is 3.06. The number of hydrogen-bond donors (Lipinski definition) is 0. The highest BCUT2D eigenvalue weighted by molar-refractivity contribution is 9.10. The van der Waals surface area contributed by atoms with E-state index < -0.39 is 10.0 Å². The molecular weight excluding hydrogens is 350 g/mol. The summed E-state index contributed by atoms with van der Waals surface area (Å²) in [6.45, 7) is 6.08. The van der Waals surface area contributed by atoms with Gasteiger partial charge in [-0.15, -0.1) is 0 Å². The van der Waals surface area contributed by atoms with Gasteiger partial charge in [-0.1, -0.05) is 25.4 Å². The molecule has 1 aromatic carbocycles. The quantitative estimate of drug-likeness (QED) is 0.782. The van der Waals surface area contributed by atoms with Crippen LogP contribution in [0.5, 0.6) is 0 Å². The van der Waals surface area contributed by atoms with Gasteiger partial charge in [0.05, 0.1) is 9.92 Å². The Morgan fingerprint density at radius 2 is 1.89 bits per heavy atom. The molecule has 0 aromatic heterocycles. The van der Waals surface area contributed by atoms with Crippen molar-refractivity contribution in [2.45, 2.75) is 38.1 Å². The molecule has 1 atom stereocenters. The van der Waals surface area contributed by atoms with Crippen molar-refractivity contribution in [2.24, 2.45) is 5.92 Å². The first-order valence-corrected chi connectivity index (χ1v) is 8.70. The summed E-state index contributed by atoms with van der Waals surface area (Å²) in [7, 11) is -1.86. The summed E-state index contributed by atoms with van der Waals surface area (Å²) in [6, 6.07) is 4.61. The van der Waals surface area contributed by atoms with Crippen LogP contribution in [0.15, 0.2) is 27.6 Å². The van der Waals surface area contributed by atoms with E-state index in [1.807, 2.05) is 6.92 Å². The van der Waals surface area contributed by atoms with Crippen LogP contribution in [0.3, 0.4) is 0 Å². The zero-order chi connectivity index (χ0) is 14.8. The fraction of sp³-hybridized carbons (Fsp3) is 0.538. The third kappa shape index (κ3) is 4.18. The molecule has 0 fully saturated rings. The Morgan fingerprint density at radius 3 is 2.37 bits per heavy atom. The lowest BCUT2D eigenvalue weighted by Gasteiger charge is -2.25. The number of sulfonamides is 1. The fourth-order valence-electron chi connectivity index (χ4n) is 1.87. The average Bonchev–Trinajstić information content (AvgIpc) is 2.30. The predicted octanol–water partition coefficient (Wildman–Crippen LogP) is 4.16. The Hall–Kier alpha value is -0.100. The number of hydrogen-bond acceptors (Lipinski definition) is 2. The van der Waals surface area contributed by atoms with Crippen LogP contribution in [-0.2, 0) is 10.0 Å². The van der Waals surface area contributed by atoms with Crippen molar-refractivity contribution in [3.63, 3.8) is 0 Å². The topological polar surface area (TPSA) is 37.4 Å². The number of nitrogens with zero attached hydrogens (tertiary/aromatic N) is 1. The van der Waals surface area contributed by atoms with Gasteiger partial charge in [-0.2, -0.15) is 4.31 Å². The third-order valence-corrected chi connectivity index (χ3v) is 6.18. The molecule has 0 aliphatic heterocycles. The van der Waals surface area contributed by atoms with E-state index in [4.69, 9.17) is 11.6 Å². The molecule has 0 N–H and O–H groups in total. The maximum Gasteiger partial charge on any atom is 0.243 e. The van der Waals surface area contributed by atoms with Gasteiger partial charge in [0.25, 0.3) is 0 Å². The number of rotatable bonds is 5. The first-order chi connectivity index (χ1) is 8.66. The molecule has 0 saturated heterocycles. The van der Waals surface area contributed by atoms with Crippen LogP contribution in [0.2, 0.25) is 5.02 Å². The molecule has 0 spiro atoms. The monoisotopic (exact) mass is 367 g/mol. The Bertz CT molecular complexity index is 546. The molecule has 1 rings (SSSR count). The minimum atomic E-state index is -3.48. The van der Waals surface area contributed by atoms with Gasteiger partial charge >= 0.3 is 0 Å². The van der Waals surface area contributed by atoms with Gasteiger partial charge in [0, 0.05) is 17.6 Å². The van der Waals surface area contributed by atoms with Crippen LogP contribution < -0.4 is 0 Å². The summed E-state index contributed by atoms with van der Waals surface area (Å²) in [5.74, 6) is 0.449.